The molecule has 0 heterocycles. The van der Waals surface area contributed by atoms with E-state index in [0.717, 1.165) is 0 Å². The predicted octanol–water partition coefficient (Wildman–Crippen LogP) is 1.84. The lowest BCUT2D eigenvalue weighted by atomic mass is 10.0. The van der Waals surface area contributed by atoms with Gasteiger partial charge in [0.2, 0.25) is 5.91 Å². The summed E-state index contributed by atoms with van der Waals surface area (Å²) in [6, 6.07) is 4.91. The van der Waals surface area contributed by atoms with E-state index in [9.17, 15) is 15.0 Å². The van der Waals surface area contributed by atoms with Crippen molar-refractivity contribution in [3.63, 3.8) is 0 Å². The number of aliphatic hydroxyl groups is 2. The van der Waals surface area contributed by atoms with Gasteiger partial charge in [0.25, 0.3) is 0 Å². The Morgan fingerprint density at radius 2 is 2.10 bits per heavy atom. The van der Waals surface area contributed by atoms with Crippen LogP contribution in [0, 0.1) is 0 Å². The molecular formula is C15H22ClNO4. The van der Waals surface area contributed by atoms with Gasteiger partial charge in [0.05, 0.1) is 31.0 Å². The van der Waals surface area contributed by atoms with Crippen molar-refractivity contribution in [1.82, 2.24) is 0 Å². The van der Waals surface area contributed by atoms with E-state index >= 15 is 0 Å². The number of aliphatic hydroxyl groups excluding tert-OH is 2. The summed E-state index contributed by atoms with van der Waals surface area (Å²) in [6.07, 6.45) is -0.771. The van der Waals surface area contributed by atoms with E-state index in [2.05, 4.69) is 0 Å². The van der Waals surface area contributed by atoms with Gasteiger partial charge in [0.1, 0.15) is 5.88 Å². The molecule has 0 aliphatic rings. The summed E-state index contributed by atoms with van der Waals surface area (Å²) in [5.74, 6) is -0.489. The Hall–Kier alpha value is -1.14. The van der Waals surface area contributed by atoms with Crippen molar-refractivity contribution in [3.8, 4) is 0 Å². The minimum atomic E-state index is -0.771. The number of amides is 1. The van der Waals surface area contributed by atoms with Gasteiger partial charge in [-0.3, -0.25) is 4.79 Å². The number of ether oxygens (including phenoxy) is 1. The summed E-state index contributed by atoms with van der Waals surface area (Å²) in [5, 5.41) is 19.5. The van der Waals surface area contributed by atoms with Crippen LogP contribution in [0.4, 0.5) is 5.69 Å². The third kappa shape index (κ3) is 4.17. The standard InChI is InChI=1S/C15H22ClNO4/c1-10(9-21-3)17(14(20)7-16)15-12(8-18)5-4-6-13(15)11(2)19/h4-6,10-11,18-19H,7-9H2,1-3H3. The molecule has 0 spiro atoms. The van der Waals surface area contributed by atoms with Crippen LogP contribution in [-0.4, -0.2) is 41.8 Å². The summed E-state index contributed by atoms with van der Waals surface area (Å²) in [5.41, 5.74) is 1.64. The Bertz CT molecular complexity index is 479. The quantitative estimate of drug-likeness (QED) is 0.753. The van der Waals surface area contributed by atoms with Gasteiger partial charge in [0.15, 0.2) is 0 Å². The first-order chi connectivity index (χ1) is 9.97. The monoisotopic (exact) mass is 315 g/mol. The SMILES string of the molecule is COCC(C)N(C(=O)CCl)c1c(CO)cccc1C(C)O. The molecule has 2 N–H and O–H groups in total. The molecule has 0 saturated carbocycles. The van der Waals surface area contributed by atoms with Crippen molar-refractivity contribution in [2.75, 3.05) is 24.5 Å². The van der Waals surface area contributed by atoms with Gasteiger partial charge in [-0.25, -0.2) is 0 Å². The van der Waals surface area contributed by atoms with Crippen molar-refractivity contribution in [3.05, 3.63) is 29.3 Å². The lowest BCUT2D eigenvalue weighted by Crippen LogP contribution is -2.43. The molecule has 0 fully saturated rings. The Morgan fingerprint density at radius 1 is 1.43 bits per heavy atom. The molecule has 2 unspecified atom stereocenters. The van der Waals surface area contributed by atoms with Crippen LogP contribution in [-0.2, 0) is 16.1 Å². The van der Waals surface area contributed by atoms with Crippen LogP contribution >= 0.6 is 11.6 Å². The number of halogens is 1. The lowest BCUT2D eigenvalue weighted by molar-refractivity contribution is -0.116. The molecule has 5 nitrogen and oxygen atoms in total. The molecule has 0 radical (unpaired) electrons. The van der Waals surface area contributed by atoms with Crippen molar-refractivity contribution >= 4 is 23.2 Å². The van der Waals surface area contributed by atoms with Crippen LogP contribution in [0.3, 0.4) is 0 Å². The Morgan fingerprint density at radius 3 is 2.57 bits per heavy atom. The second-order valence-corrected chi connectivity index (χ2v) is 5.16. The maximum atomic E-state index is 12.2. The average molecular weight is 316 g/mol. The zero-order chi connectivity index (χ0) is 16.0. The van der Waals surface area contributed by atoms with E-state index in [1.54, 1.807) is 32.2 Å². The van der Waals surface area contributed by atoms with E-state index in [-0.39, 0.29) is 24.4 Å². The zero-order valence-electron chi connectivity index (χ0n) is 12.5. The Balaban J connectivity index is 3.44. The van der Waals surface area contributed by atoms with Crippen LogP contribution in [0.2, 0.25) is 0 Å². The topological polar surface area (TPSA) is 70.0 Å². The third-order valence-electron chi connectivity index (χ3n) is 3.24. The zero-order valence-corrected chi connectivity index (χ0v) is 13.3. The van der Waals surface area contributed by atoms with Gasteiger partial charge < -0.3 is 19.8 Å². The fourth-order valence-electron chi connectivity index (χ4n) is 2.34. The number of hydrogen-bond acceptors (Lipinski definition) is 4. The minimum absolute atomic E-state index is 0.187. The first-order valence-corrected chi connectivity index (χ1v) is 7.29. The molecule has 0 saturated heterocycles. The summed E-state index contributed by atoms with van der Waals surface area (Å²) >= 11 is 5.71. The lowest BCUT2D eigenvalue weighted by Gasteiger charge is -2.32. The van der Waals surface area contributed by atoms with Crippen molar-refractivity contribution in [2.24, 2.45) is 0 Å². The van der Waals surface area contributed by atoms with Gasteiger partial charge >= 0.3 is 0 Å². The van der Waals surface area contributed by atoms with Crippen LogP contribution in [0.5, 0.6) is 0 Å². The van der Waals surface area contributed by atoms with E-state index < -0.39 is 6.10 Å². The number of alkyl halides is 1. The number of methoxy groups -OCH3 is 1. The molecular weight excluding hydrogens is 294 g/mol. The van der Waals surface area contributed by atoms with Crippen LogP contribution in [0.1, 0.15) is 31.1 Å². The summed E-state index contributed by atoms with van der Waals surface area (Å²) in [4.78, 5) is 13.7. The number of nitrogens with zero attached hydrogens (tertiary/aromatic N) is 1. The fraction of sp³-hybridized carbons (Fsp3) is 0.533. The molecule has 1 rings (SSSR count). The summed E-state index contributed by atoms with van der Waals surface area (Å²) < 4.78 is 5.11. The number of anilines is 1. The average Bonchev–Trinajstić information content (AvgIpc) is 2.47. The second-order valence-electron chi connectivity index (χ2n) is 4.89. The number of rotatable bonds is 7. The van der Waals surface area contributed by atoms with Gasteiger partial charge in [-0.05, 0) is 13.8 Å². The molecule has 118 valence electrons. The first kappa shape index (κ1) is 17.9. The number of hydrogen-bond donors (Lipinski definition) is 2. The second kappa shape index (κ2) is 8.34. The number of para-hydroxylation sites is 1. The number of carbonyl (C=O) groups is 1. The number of benzene rings is 1. The molecule has 0 aliphatic carbocycles. The Labute approximate surface area is 130 Å². The van der Waals surface area contributed by atoms with E-state index in [0.29, 0.717) is 23.4 Å². The Kier molecular flexibility index (Phi) is 7.11. The molecule has 2 atom stereocenters. The fourth-order valence-corrected chi connectivity index (χ4v) is 2.47. The molecule has 0 aromatic heterocycles. The summed E-state index contributed by atoms with van der Waals surface area (Å²) in [7, 11) is 1.55. The highest BCUT2D eigenvalue weighted by Gasteiger charge is 2.27. The van der Waals surface area contributed by atoms with Crippen molar-refractivity contribution < 1.29 is 19.7 Å². The van der Waals surface area contributed by atoms with Crippen LogP contribution in [0.25, 0.3) is 0 Å². The first-order valence-electron chi connectivity index (χ1n) is 6.75. The minimum Gasteiger partial charge on any atom is -0.392 e. The maximum absolute atomic E-state index is 12.2. The van der Waals surface area contributed by atoms with Crippen LogP contribution in [0.15, 0.2) is 18.2 Å². The molecule has 1 aromatic carbocycles. The molecule has 1 amide bonds. The molecule has 1 aromatic rings. The molecule has 0 aliphatic heterocycles. The van der Waals surface area contributed by atoms with Gasteiger partial charge in [-0.15, -0.1) is 11.6 Å². The smallest absolute Gasteiger partial charge is 0.242 e. The third-order valence-corrected chi connectivity index (χ3v) is 3.47. The molecule has 0 bridgehead atoms. The normalized spacial score (nSPS) is 13.8. The summed E-state index contributed by atoms with van der Waals surface area (Å²) in [6.45, 7) is 3.53. The van der Waals surface area contributed by atoms with E-state index in [1.165, 1.54) is 4.90 Å². The maximum Gasteiger partial charge on any atom is 0.242 e. The van der Waals surface area contributed by atoms with Gasteiger partial charge in [-0.1, -0.05) is 18.2 Å². The van der Waals surface area contributed by atoms with E-state index in [4.69, 9.17) is 16.3 Å². The van der Waals surface area contributed by atoms with Crippen molar-refractivity contribution in [2.45, 2.75) is 32.6 Å². The van der Waals surface area contributed by atoms with E-state index in [1.807, 2.05) is 6.92 Å². The van der Waals surface area contributed by atoms with Crippen molar-refractivity contribution in [1.29, 1.82) is 0 Å². The largest absolute Gasteiger partial charge is 0.392 e. The van der Waals surface area contributed by atoms with Crippen LogP contribution < -0.4 is 4.90 Å². The highest BCUT2D eigenvalue weighted by atomic mass is 35.5. The number of carbonyl (C=O) groups excluding carboxylic acids is 1. The van der Waals surface area contributed by atoms with Gasteiger partial charge in [0, 0.05) is 18.2 Å². The predicted molar refractivity (Wildman–Crippen MR) is 82.5 cm³/mol. The molecule has 21 heavy (non-hydrogen) atoms. The van der Waals surface area contributed by atoms with Gasteiger partial charge in [-0.2, -0.15) is 0 Å². The highest BCUT2D eigenvalue weighted by Crippen LogP contribution is 2.32. The molecule has 6 heteroatoms. The highest BCUT2D eigenvalue weighted by molar-refractivity contribution is 6.29.